The predicted molar refractivity (Wildman–Crippen MR) is 164 cm³/mol. The van der Waals surface area contributed by atoms with Crippen molar-refractivity contribution in [1.29, 1.82) is 0 Å². The van der Waals surface area contributed by atoms with Crippen molar-refractivity contribution >= 4 is 22.7 Å². The molecule has 1 amide bonds. The zero-order chi connectivity index (χ0) is 30.5. The zero-order valence-corrected chi connectivity index (χ0v) is 25.1. The summed E-state index contributed by atoms with van der Waals surface area (Å²) in [6, 6.07) is 6.42. The van der Waals surface area contributed by atoms with E-state index in [-0.39, 0.29) is 22.8 Å². The van der Waals surface area contributed by atoms with E-state index in [9.17, 15) is 13.6 Å². The minimum atomic E-state index is -0.806. The number of likely N-dealkylation sites (N-methyl/N-ethyl adjacent to an activating group) is 1. The van der Waals surface area contributed by atoms with Gasteiger partial charge >= 0.3 is 0 Å². The van der Waals surface area contributed by atoms with Crippen molar-refractivity contribution in [2.24, 2.45) is 0 Å². The molecule has 0 heterocycles. The number of methoxy groups -OCH3 is 1. The highest BCUT2D eigenvalue weighted by molar-refractivity contribution is 5.99. The lowest BCUT2D eigenvalue weighted by Gasteiger charge is -2.19. The molecule has 41 heavy (non-hydrogen) atoms. The number of unbranched alkanes of at least 4 members (excludes halogenated alkanes) is 1. The number of ether oxygens (including phenoxy) is 1. The number of allylic oxidation sites excluding steroid dienone is 8. The van der Waals surface area contributed by atoms with Crippen LogP contribution in [0.5, 0.6) is 5.75 Å². The minimum absolute atomic E-state index is 0.0690. The third-order valence-corrected chi connectivity index (χ3v) is 6.26. The van der Waals surface area contributed by atoms with Crippen molar-refractivity contribution in [3.05, 3.63) is 107 Å². The standard InChI is InChI=1S/C34H41F3N2O2/c1-8-11-14-23(4)28(27(13-9-2)30-20-25(35)21-32(37)34(30)41-7)19-24(10-3)29-22-26(16-17-31(29)36)38-33(40)15-12-18-39(5)6/h10,12-17,19-22H,8-9,11,18H2,1-7H3,(H,38,40)/b15-12+,23-14+,24-10+,27-13+,28-19+. The van der Waals surface area contributed by atoms with Gasteiger partial charge in [0.2, 0.25) is 5.91 Å². The topological polar surface area (TPSA) is 41.6 Å². The highest BCUT2D eigenvalue weighted by Crippen LogP contribution is 2.39. The number of amides is 1. The van der Waals surface area contributed by atoms with Crippen LogP contribution in [0.4, 0.5) is 18.9 Å². The van der Waals surface area contributed by atoms with E-state index in [2.05, 4.69) is 18.3 Å². The molecule has 2 rings (SSSR count). The molecular weight excluding hydrogens is 525 g/mol. The van der Waals surface area contributed by atoms with Gasteiger partial charge in [-0.2, -0.15) is 0 Å². The van der Waals surface area contributed by atoms with Gasteiger partial charge in [-0.3, -0.25) is 4.79 Å². The van der Waals surface area contributed by atoms with Gasteiger partial charge in [0.25, 0.3) is 0 Å². The van der Waals surface area contributed by atoms with Gasteiger partial charge in [0.15, 0.2) is 11.6 Å². The first-order chi connectivity index (χ1) is 19.6. The summed E-state index contributed by atoms with van der Waals surface area (Å²) in [5.74, 6) is -2.40. The summed E-state index contributed by atoms with van der Waals surface area (Å²) < 4.78 is 49.8. The number of carbonyl (C=O) groups is 1. The van der Waals surface area contributed by atoms with E-state index in [1.165, 1.54) is 31.4 Å². The number of benzene rings is 2. The average Bonchev–Trinajstić information content (AvgIpc) is 2.92. The Hall–Kier alpha value is -3.84. The van der Waals surface area contributed by atoms with Crippen molar-refractivity contribution in [3.8, 4) is 5.75 Å². The Morgan fingerprint density at radius 1 is 1.02 bits per heavy atom. The molecule has 0 aliphatic heterocycles. The first-order valence-corrected chi connectivity index (χ1v) is 13.8. The monoisotopic (exact) mass is 566 g/mol. The van der Waals surface area contributed by atoms with Crippen LogP contribution in [0.2, 0.25) is 0 Å². The van der Waals surface area contributed by atoms with E-state index in [4.69, 9.17) is 4.74 Å². The van der Waals surface area contributed by atoms with Gasteiger partial charge in [-0.15, -0.1) is 0 Å². The van der Waals surface area contributed by atoms with E-state index >= 15 is 4.39 Å². The summed E-state index contributed by atoms with van der Waals surface area (Å²) in [6.45, 7) is 8.31. The lowest BCUT2D eigenvalue weighted by Crippen LogP contribution is -2.13. The molecule has 0 spiro atoms. The summed E-state index contributed by atoms with van der Waals surface area (Å²) in [4.78, 5) is 14.3. The second kappa shape index (κ2) is 16.4. The Morgan fingerprint density at radius 3 is 2.37 bits per heavy atom. The summed E-state index contributed by atoms with van der Waals surface area (Å²) in [5.41, 5.74) is 3.64. The number of carbonyl (C=O) groups excluding carboxylic acids is 1. The first-order valence-electron chi connectivity index (χ1n) is 13.8. The molecule has 0 saturated carbocycles. The number of halogens is 3. The number of hydrogen-bond donors (Lipinski definition) is 1. The van der Waals surface area contributed by atoms with Crippen LogP contribution in [0.25, 0.3) is 11.1 Å². The van der Waals surface area contributed by atoms with E-state index in [0.29, 0.717) is 35.4 Å². The molecular formula is C34H41F3N2O2. The molecule has 0 bridgehead atoms. The van der Waals surface area contributed by atoms with Gasteiger partial charge in [-0.05, 0) is 93.4 Å². The van der Waals surface area contributed by atoms with Crippen molar-refractivity contribution < 1.29 is 22.7 Å². The molecule has 0 aliphatic carbocycles. The van der Waals surface area contributed by atoms with Crippen LogP contribution >= 0.6 is 0 Å². The minimum Gasteiger partial charge on any atom is -0.493 e. The summed E-state index contributed by atoms with van der Waals surface area (Å²) in [5, 5.41) is 2.78. The SMILES string of the molecule is C\C=C(/C=C(C(\C)=C\CCC)/C(=C\CC)c1cc(F)cc(F)c1OC)c1cc(NC(=O)/C=C/CN(C)C)ccc1F. The highest BCUT2D eigenvalue weighted by atomic mass is 19.1. The summed E-state index contributed by atoms with van der Waals surface area (Å²) in [6.07, 6.45) is 13.0. The Balaban J connectivity index is 2.70. The number of nitrogens with zero attached hydrogens (tertiary/aromatic N) is 1. The van der Waals surface area contributed by atoms with E-state index < -0.39 is 17.5 Å². The normalized spacial score (nSPS) is 13.3. The fourth-order valence-electron chi connectivity index (χ4n) is 4.26. The fourth-order valence-corrected chi connectivity index (χ4v) is 4.26. The molecule has 7 heteroatoms. The molecule has 2 aromatic carbocycles. The number of hydrogen-bond acceptors (Lipinski definition) is 3. The van der Waals surface area contributed by atoms with Crippen LogP contribution in [-0.2, 0) is 4.79 Å². The maximum absolute atomic E-state index is 15.2. The summed E-state index contributed by atoms with van der Waals surface area (Å²) in [7, 11) is 5.14. The van der Waals surface area contributed by atoms with E-state index in [1.807, 2.05) is 45.0 Å². The van der Waals surface area contributed by atoms with Crippen LogP contribution in [-0.4, -0.2) is 38.6 Å². The number of rotatable bonds is 13. The Morgan fingerprint density at radius 2 is 1.76 bits per heavy atom. The Labute approximate surface area is 242 Å². The first kappa shape index (κ1) is 33.4. The Bertz CT molecular complexity index is 1370. The molecule has 220 valence electrons. The number of anilines is 1. The Kier molecular flexibility index (Phi) is 13.4. The summed E-state index contributed by atoms with van der Waals surface area (Å²) >= 11 is 0. The molecule has 0 unspecified atom stereocenters. The molecule has 1 N–H and O–H groups in total. The molecule has 0 aliphatic rings. The second-order valence-corrected chi connectivity index (χ2v) is 9.82. The predicted octanol–water partition coefficient (Wildman–Crippen LogP) is 8.74. The molecule has 0 saturated heterocycles. The van der Waals surface area contributed by atoms with Crippen molar-refractivity contribution in [2.75, 3.05) is 33.1 Å². The van der Waals surface area contributed by atoms with Crippen LogP contribution in [0.1, 0.15) is 58.1 Å². The van der Waals surface area contributed by atoms with Crippen LogP contribution in [0.15, 0.2) is 77.9 Å². The quantitative estimate of drug-likeness (QED) is 0.195. The maximum atomic E-state index is 15.2. The van der Waals surface area contributed by atoms with Crippen LogP contribution in [0, 0.1) is 17.5 Å². The smallest absolute Gasteiger partial charge is 0.248 e. The van der Waals surface area contributed by atoms with Crippen LogP contribution in [0.3, 0.4) is 0 Å². The van der Waals surface area contributed by atoms with Gasteiger partial charge in [-0.1, -0.05) is 44.6 Å². The van der Waals surface area contributed by atoms with Gasteiger partial charge in [0.1, 0.15) is 11.6 Å². The van der Waals surface area contributed by atoms with Crippen molar-refractivity contribution in [1.82, 2.24) is 4.90 Å². The lowest BCUT2D eigenvalue weighted by molar-refractivity contribution is -0.111. The molecule has 0 aromatic heterocycles. The maximum Gasteiger partial charge on any atom is 0.248 e. The lowest BCUT2D eigenvalue weighted by atomic mass is 9.88. The average molecular weight is 567 g/mol. The zero-order valence-electron chi connectivity index (χ0n) is 25.1. The largest absolute Gasteiger partial charge is 0.493 e. The third-order valence-electron chi connectivity index (χ3n) is 6.26. The fraction of sp³-hybridized carbons (Fsp3) is 0.324. The molecule has 0 fully saturated rings. The second-order valence-electron chi connectivity index (χ2n) is 9.82. The van der Waals surface area contributed by atoms with Gasteiger partial charge in [0.05, 0.1) is 7.11 Å². The molecule has 0 radical (unpaired) electrons. The van der Waals surface area contributed by atoms with Crippen molar-refractivity contribution in [2.45, 2.75) is 47.0 Å². The van der Waals surface area contributed by atoms with E-state index in [1.54, 1.807) is 25.1 Å². The molecule has 2 aromatic rings. The molecule has 4 nitrogen and oxygen atoms in total. The molecule has 0 atom stereocenters. The number of nitrogens with one attached hydrogen (secondary N) is 1. The van der Waals surface area contributed by atoms with Gasteiger partial charge in [0, 0.05) is 35.5 Å². The van der Waals surface area contributed by atoms with Crippen LogP contribution < -0.4 is 10.1 Å². The van der Waals surface area contributed by atoms with Crippen molar-refractivity contribution in [3.63, 3.8) is 0 Å². The highest BCUT2D eigenvalue weighted by Gasteiger charge is 2.20. The third kappa shape index (κ3) is 9.64. The van der Waals surface area contributed by atoms with Gasteiger partial charge < -0.3 is 15.0 Å². The van der Waals surface area contributed by atoms with E-state index in [0.717, 1.165) is 24.5 Å². The van der Waals surface area contributed by atoms with Gasteiger partial charge in [-0.25, -0.2) is 13.2 Å².